The molecular weight excluding hydrogens is 228 g/mol. The van der Waals surface area contributed by atoms with E-state index in [1.54, 1.807) is 10.9 Å². The summed E-state index contributed by atoms with van der Waals surface area (Å²) in [7, 11) is 0. The molecular formula is C13H18N4O. The average Bonchev–Trinajstić information content (AvgIpc) is 2.98. The van der Waals surface area contributed by atoms with Crippen molar-refractivity contribution in [1.29, 1.82) is 5.26 Å². The molecule has 0 radical (unpaired) electrons. The normalized spacial score (nSPS) is 26.8. The minimum atomic E-state index is -0.652. The summed E-state index contributed by atoms with van der Waals surface area (Å²) in [4.78, 5) is 11.9. The molecule has 1 aliphatic rings. The van der Waals surface area contributed by atoms with Crippen LogP contribution >= 0.6 is 0 Å². The van der Waals surface area contributed by atoms with Crippen LogP contribution in [-0.2, 0) is 11.3 Å². The van der Waals surface area contributed by atoms with Crippen molar-refractivity contribution >= 4 is 5.91 Å². The number of nitriles is 1. The van der Waals surface area contributed by atoms with Gasteiger partial charge in [-0.2, -0.15) is 10.4 Å². The molecule has 1 amide bonds. The minimum Gasteiger partial charge on any atom is -0.338 e. The van der Waals surface area contributed by atoms with Gasteiger partial charge in [-0.1, -0.05) is 6.92 Å². The zero-order valence-corrected chi connectivity index (χ0v) is 10.6. The van der Waals surface area contributed by atoms with Crippen molar-refractivity contribution in [1.82, 2.24) is 15.1 Å². The van der Waals surface area contributed by atoms with Gasteiger partial charge >= 0.3 is 0 Å². The SMILES string of the molecule is C[C@@H]1CCC[C@]1(C#N)NC(=O)CCn1cccn1. The Labute approximate surface area is 107 Å². The van der Waals surface area contributed by atoms with Crippen molar-refractivity contribution in [2.24, 2.45) is 5.92 Å². The first-order chi connectivity index (χ1) is 8.66. The maximum absolute atomic E-state index is 11.9. The Balaban J connectivity index is 1.89. The number of carbonyl (C=O) groups excluding carboxylic acids is 1. The largest absolute Gasteiger partial charge is 0.338 e. The summed E-state index contributed by atoms with van der Waals surface area (Å²) in [5.41, 5.74) is -0.652. The molecule has 2 rings (SSSR count). The van der Waals surface area contributed by atoms with E-state index in [4.69, 9.17) is 0 Å². The fourth-order valence-electron chi connectivity index (χ4n) is 2.52. The van der Waals surface area contributed by atoms with Crippen molar-refractivity contribution in [2.75, 3.05) is 0 Å². The summed E-state index contributed by atoms with van der Waals surface area (Å²) in [6.07, 6.45) is 6.65. The molecule has 1 aliphatic carbocycles. The van der Waals surface area contributed by atoms with E-state index in [0.717, 1.165) is 19.3 Å². The summed E-state index contributed by atoms with van der Waals surface area (Å²) >= 11 is 0. The number of aromatic nitrogens is 2. The molecule has 1 aromatic heterocycles. The average molecular weight is 246 g/mol. The van der Waals surface area contributed by atoms with Crippen LogP contribution in [0.5, 0.6) is 0 Å². The second kappa shape index (κ2) is 5.21. The molecule has 1 aromatic rings. The van der Waals surface area contributed by atoms with Crippen molar-refractivity contribution in [3.05, 3.63) is 18.5 Å². The fourth-order valence-corrected chi connectivity index (χ4v) is 2.52. The third-order valence-corrected chi connectivity index (χ3v) is 3.74. The second-order valence-corrected chi connectivity index (χ2v) is 4.94. The minimum absolute atomic E-state index is 0.0687. The highest BCUT2D eigenvalue weighted by Gasteiger charge is 2.41. The molecule has 18 heavy (non-hydrogen) atoms. The molecule has 5 heteroatoms. The highest BCUT2D eigenvalue weighted by atomic mass is 16.1. The highest BCUT2D eigenvalue weighted by molar-refractivity contribution is 5.77. The molecule has 5 nitrogen and oxygen atoms in total. The summed E-state index contributed by atoms with van der Waals surface area (Å²) in [6, 6.07) is 4.12. The number of nitrogens with zero attached hydrogens (tertiary/aromatic N) is 3. The topological polar surface area (TPSA) is 70.7 Å². The Kier molecular flexibility index (Phi) is 3.66. The molecule has 1 saturated carbocycles. The molecule has 0 aliphatic heterocycles. The van der Waals surface area contributed by atoms with Crippen LogP contribution in [0.1, 0.15) is 32.6 Å². The van der Waals surface area contributed by atoms with E-state index in [1.807, 2.05) is 19.2 Å². The summed E-state index contributed by atoms with van der Waals surface area (Å²) in [6.45, 7) is 2.58. The van der Waals surface area contributed by atoms with Crippen LogP contribution in [-0.4, -0.2) is 21.2 Å². The van der Waals surface area contributed by atoms with Crippen LogP contribution in [0.2, 0.25) is 0 Å². The zero-order chi connectivity index (χ0) is 13.0. The van der Waals surface area contributed by atoms with Crippen LogP contribution in [0.3, 0.4) is 0 Å². The summed E-state index contributed by atoms with van der Waals surface area (Å²) in [5, 5.41) is 16.3. The van der Waals surface area contributed by atoms with E-state index >= 15 is 0 Å². The zero-order valence-electron chi connectivity index (χ0n) is 10.6. The van der Waals surface area contributed by atoms with E-state index in [-0.39, 0.29) is 11.8 Å². The smallest absolute Gasteiger partial charge is 0.223 e. The van der Waals surface area contributed by atoms with E-state index in [9.17, 15) is 10.1 Å². The van der Waals surface area contributed by atoms with E-state index in [2.05, 4.69) is 16.5 Å². The van der Waals surface area contributed by atoms with Gasteiger partial charge in [0.25, 0.3) is 0 Å². The van der Waals surface area contributed by atoms with Crippen LogP contribution in [0, 0.1) is 17.2 Å². The number of hydrogen-bond donors (Lipinski definition) is 1. The highest BCUT2D eigenvalue weighted by Crippen LogP contribution is 2.34. The van der Waals surface area contributed by atoms with Gasteiger partial charge in [-0.15, -0.1) is 0 Å². The lowest BCUT2D eigenvalue weighted by Gasteiger charge is -2.27. The first kappa shape index (κ1) is 12.6. The van der Waals surface area contributed by atoms with Gasteiger partial charge in [-0.05, 0) is 31.2 Å². The van der Waals surface area contributed by atoms with Gasteiger partial charge in [0, 0.05) is 25.4 Å². The van der Waals surface area contributed by atoms with Crippen molar-refractivity contribution in [2.45, 2.75) is 44.7 Å². The Morgan fingerprint density at radius 1 is 1.72 bits per heavy atom. The molecule has 1 N–H and O–H groups in total. The monoisotopic (exact) mass is 246 g/mol. The van der Waals surface area contributed by atoms with Gasteiger partial charge in [0.15, 0.2) is 0 Å². The lowest BCUT2D eigenvalue weighted by Crippen LogP contribution is -2.49. The number of carbonyl (C=O) groups is 1. The third kappa shape index (κ3) is 2.53. The lowest BCUT2D eigenvalue weighted by atomic mass is 9.90. The standard InChI is InChI=1S/C13H18N4O/c1-11-4-2-6-13(11,10-14)16-12(18)5-9-17-8-3-7-15-17/h3,7-8,11H,2,4-6,9H2,1H3,(H,16,18)/t11-,13-/m1/s1. The fraction of sp³-hybridized carbons (Fsp3) is 0.615. The number of rotatable bonds is 4. The van der Waals surface area contributed by atoms with Gasteiger partial charge < -0.3 is 5.32 Å². The predicted octanol–water partition coefficient (Wildman–Crippen LogP) is 1.47. The predicted molar refractivity (Wildman–Crippen MR) is 66.3 cm³/mol. The van der Waals surface area contributed by atoms with Crippen LogP contribution < -0.4 is 5.32 Å². The Morgan fingerprint density at radius 2 is 2.56 bits per heavy atom. The van der Waals surface area contributed by atoms with E-state index < -0.39 is 5.54 Å². The molecule has 0 spiro atoms. The quantitative estimate of drug-likeness (QED) is 0.874. The Bertz CT molecular complexity index is 448. The first-order valence-corrected chi connectivity index (χ1v) is 6.36. The van der Waals surface area contributed by atoms with Gasteiger partial charge in [0.1, 0.15) is 5.54 Å². The molecule has 0 aromatic carbocycles. The molecule has 96 valence electrons. The van der Waals surface area contributed by atoms with Crippen molar-refractivity contribution in [3.8, 4) is 6.07 Å². The van der Waals surface area contributed by atoms with Crippen molar-refractivity contribution in [3.63, 3.8) is 0 Å². The molecule has 2 atom stereocenters. The molecule has 0 bridgehead atoms. The molecule has 1 fully saturated rings. The first-order valence-electron chi connectivity index (χ1n) is 6.36. The number of amides is 1. The second-order valence-electron chi connectivity index (χ2n) is 4.94. The molecule has 0 unspecified atom stereocenters. The van der Waals surface area contributed by atoms with Crippen LogP contribution in [0.15, 0.2) is 18.5 Å². The number of nitrogens with one attached hydrogen (secondary N) is 1. The summed E-state index contributed by atoms with van der Waals surface area (Å²) < 4.78 is 1.72. The van der Waals surface area contributed by atoms with Crippen molar-refractivity contribution < 1.29 is 4.79 Å². The third-order valence-electron chi connectivity index (χ3n) is 3.74. The van der Waals surface area contributed by atoms with Gasteiger partial charge in [-0.3, -0.25) is 9.48 Å². The van der Waals surface area contributed by atoms with E-state index in [0.29, 0.717) is 13.0 Å². The van der Waals surface area contributed by atoms with Gasteiger partial charge in [0.05, 0.1) is 6.07 Å². The lowest BCUT2D eigenvalue weighted by molar-refractivity contribution is -0.123. The number of aryl methyl sites for hydroxylation is 1. The Morgan fingerprint density at radius 3 is 3.11 bits per heavy atom. The maximum Gasteiger partial charge on any atom is 0.223 e. The molecule has 0 saturated heterocycles. The van der Waals surface area contributed by atoms with E-state index in [1.165, 1.54) is 0 Å². The van der Waals surface area contributed by atoms with Gasteiger partial charge in [-0.25, -0.2) is 0 Å². The number of hydrogen-bond acceptors (Lipinski definition) is 3. The van der Waals surface area contributed by atoms with Crippen LogP contribution in [0.4, 0.5) is 0 Å². The molecule has 1 heterocycles. The maximum atomic E-state index is 11.9. The summed E-state index contributed by atoms with van der Waals surface area (Å²) in [5.74, 6) is 0.164. The van der Waals surface area contributed by atoms with Crippen LogP contribution in [0.25, 0.3) is 0 Å². The van der Waals surface area contributed by atoms with Gasteiger partial charge in [0.2, 0.25) is 5.91 Å². The Hall–Kier alpha value is -1.83.